The number of benzene rings is 1. The maximum atomic E-state index is 12.0. The maximum absolute atomic E-state index is 12.0. The number of hydrogen-bond acceptors (Lipinski definition) is 3. The van der Waals surface area contributed by atoms with Gasteiger partial charge in [0.2, 0.25) is 0 Å². The van der Waals surface area contributed by atoms with Gasteiger partial charge >= 0.3 is 0 Å². The number of ether oxygens (including phenoxy) is 1. The van der Waals surface area contributed by atoms with Gasteiger partial charge in [0, 0.05) is 7.05 Å². The molecule has 20 heavy (non-hydrogen) atoms. The highest BCUT2D eigenvalue weighted by Crippen LogP contribution is 2.18. The van der Waals surface area contributed by atoms with Gasteiger partial charge in [0.25, 0.3) is 5.91 Å². The van der Waals surface area contributed by atoms with Crippen molar-refractivity contribution in [2.24, 2.45) is 0 Å². The molecule has 6 heteroatoms. The Morgan fingerprint density at radius 1 is 1.30 bits per heavy atom. The summed E-state index contributed by atoms with van der Waals surface area (Å²) in [5.74, 6) is 0.426. The van der Waals surface area contributed by atoms with Crippen molar-refractivity contribution < 1.29 is 9.53 Å². The van der Waals surface area contributed by atoms with E-state index in [1.54, 1.807) is 7.05 Å². The first kappa shape index (κ1) is 16.2. The van der Waals surface area contributed by atoms with Gasteiger partial charge in [-0.2, -0.15) is 0 Å². The van der Waals surface area contributed by atoms with Crippen LogP contribution >= 0.6 is 12.2 Å². The number of carbonyl (C=O) groups is 1. The Kier molecular flexibility index (Phi) is 6.24. The molecule has 110 valence electrons. The molecule has 5 nitrogen and oxygen atoms in total. The van der Waals surface area contributed by atoms with Gasteiger partial charge < -0.3 is 10.1 Å². The van der Waals surface area contributed by atoms with Crippen LogP contribution in [0.15, 0.2) is 18.2 Å². The Bertz CT molecular complexity index is 491. The highest BCUT2D eigenvalue weighted by molar-refractivity contribution is 7.80. The average Bonchev–Trinajstić information content (AvgIpc) is 2.45. The number of nitrogens with one attached hydrogen (secondary N) is 3. The molecule has 1 aromatic carbocycles. The summed E-state index contributed by atoms with van der Waals surface area (Å²) in [7, 11) is 1.67. The Morgan fingerprint density at radius 3 is 2.55 bits per heavy atom. The average molecular weight is 295 g/mol. The first-order valence-corrected chi connectivity index (χ1v) is 6.90. The summed E-state index contributed by atoms with van der Waals surface area (Å²) < 4.78 is 5.71. The summed E-state index contributed by atoms with van der Waals surface area (Å²) in [6.07, 6.45) is -0.00324. The predicted octanol–water partition coefficient (Wildman–Crippen LogP) is 1.59. The largest absolute Gasteiger partial charge is 0.481 e. The molecule has 0 saturated heterocycles. The summed E-state index contributed by atoms with van der Waals surface area (Å²) in [5.41, 5.74) is 7.43. The lowest BCUT2D eigenvalue weighted by atomic mass is 10.1. The molecule has 0 heterocycles. The molecule has 0 spiro atoms. The first-order valence-electron chi connectivity index (χ1n) is 6.49. The minimum atomic E-state index is -0.565. The van der Waals surface area contributed by atoms with Crippen molar-refractivity contribution in [3.05, 3.63) is 29.3 Å². The molecular formula is C14H21N3O2S. The second-order valence-electron chi connectivity index (χ2n) is 4.45. The quantitative estimate of drug-likeness (QED) is 0.581. The van der Waals surface area contributed by atoms with Gasteiger partial charge in [0.05, 0.1) is 0 Å². The lowest BCUT2D eigenvalue weighted by Gasteiger charge is -2.18. The van der Waals surface area contributed by atoms with Crippen molar-refractivity contribution >= 4 is 23.2 Å². The third-order valence-corrected chi connectivity index (χ3v) is 3.25. The van der Waals surface area contributed by atoms with Gasteiger partial charge in [-0.25, -0.2) is 0 Å². The SMILES string of the molecule is CC[C@@H](Oc1ccc(C)c(C)c1)C(=O)NNC(=S)NC. The normalized spacial score (nSPS) is 11.4. The van der Waals surface area contributed by atoms with Crippen LogP contribution in [-0.2, 0) is 4.79 Å². The third-order valence-electron chi connectivity index (χ3n) is 2.95. The van der Waals surface area contributed by atoms with Gasteiger partial charge in [-0.1, -0.05) is 13.0 Å². The summed E-state index contributed by atoms with van der Waals surface area (Å²) in [6, 6.07) is 5.77. The van der Waals surface area contributed by atoms with E-state index in [0.717, 1.165) is 5.56 Å². The molecule has 1 amide bonds. The summed E-state index contributed by atoms with van der Waals surface area (Å²) in [5, 5.41) is 3.05. The lowest BCUT2D eigenvalue weighted by Crippen LogP contribution is -2.50. The summed E-state index contributed by atoms with van der Waals surface area (Å²) >= 11 is 4.88. The molecule has 1 atom stereocenters. The van der Waals surface area contributed by atoms with Gasteiger partial charge in [-0.05, 0) is 55.7 Å². The van der Waals surface area contributed by atoms with Gasteiger partial charge in [0.1, 0.15) is 5.75 Å². The van der Waals surface area contributed by atoms with E-state index in [1.165, 1.54) is 5.56 Å². The van der Waals surface area contributed by atoms with Crippen LogP contribution < -0.4 is 20.9 Å². The fourth-order valence-electron chi connectivity index (χ4n) is 1.54. The standard InChI is InChI=1S/C14H21N3O2S/c1-5-12(13(18)16-17-14(20)15-4)19-11-7-6-9(2)10(3)8-11/h6-8,12H,5H2,1-4H3,(H,16,18)(H2,15,17,20)/t12-/m1/s1. The van der Waals surface area contributed by atoms with E-state index in [0.29, 0.717) is 17.3 Å². The van der Waals surface area contributed by atoms with Crippen molar-refractivity contribution in [3.63, 3.8) is 0 Å². The van der Waals surface area contributed by atoms with Crippen LogP contribution in [0.4, 0.5) is 0 Å². The molecular weight excluding hydrogens is 274 g/mol. The zero-order valence-electron chi connectivity index (χ0n) is 12.2. The molecule has 1 aromatic rings. The number of amides is 1. The highest BCUT2D eigenvalue weighted by Gasteiger charge is 2.18. The van der Waals surface area contributed by atoms with Crippen LogP contribution in [0.25, 0.3) is 0 Å². The van der Waals surface area contributed by atoms with E-state index >= 15 is 0 Å². The molecule has 0 bridgehead atoms. The molecule has 0 saturated carbocycles. The number of hydrogen-bond donors (Lipinski definition) is 3. The monoisotopic (exact) mass is 295 g/mol. The molecule has 0 aromatic heterocycles. The third kappa shape index (κ3) is 4.70. The molecule has 0 unspecified atom stereocenters. The van der Waals surface area contributed by atoms with Crippen LogP contribution in [0.2, 0.25) is 0 Å². The smallest absolute Gasteiger partial charge is 0.279 e. The summed E-state index contributed by atoms with van der Waals surface area (Å²) in [4.78, 5) is 12.0. The Balaban J connectivity index is 2.63. The van der Waals surface area contributed by atoms with Crippen molar-refractivity contribution in [2.75, 3.05) is 7.05 Å². The fourth-order valence-corrected chi connectivity index (χ4v) is 1.59. The topological polar surface area (TPSA) is 62.4 Å². The van der Waals surface area contributed by atoms with Crippen molar-refractivity contribution in [1.82, 2.24) is 16.2 Å². The molecule has 0 fully saturated rings. The molecule has 1 rings (SSSR count). The van der Waals surface area contributed by atoms with Crippen molar-refractivity contribution in [3.8, 4) is 5.75 Å². The predicted molar refractivity (Wildman–Crippen MR) is 83.6 cm³/mol. The Morgan fingerprint density at radius 2 is 2.00 bits per heavy atom. The van der Waals surface area contributed by atoms with Gasteiger partial charge in [-0.15, -0.1) is 0 Å². The molecule has 3 N–H and O–H groups in total. The van der Waals surface area contributed by atoms with Crippen molar-refractivity contribution in [1.29, 1.82) is 0 Å². The number of rotatable bonds is 4. The minimum Gasteiger partial charge on any atom is -0.481 e. The Labute approximate surface area is 125 Å². The number of aryl methyl sites for hydroxylation is 2. The van der Waals surface area contributed by atoms with E-state index in [1.807, 2.05) is 39.0 Å². The van der Waals surface area contributed by atoms with Crippen LogP contribution in [0.3, 0.4) is 0 Å². The van der Waals surface area contributed by atoms with Crippen molar-refractivity contribution in [2.45, 2.75) is 33.3 Å². The van der Waals surface area contributed by atoms with Crippen LogP contribution in [0.1, 0.15) is 24.5 Å². The molecule has 0 aliphatic rings. The van der Waals surface area contributed by atoms with E-state index in [9.17, 15) is 4.79 Å². The minimum absolute atomic E-state index is 0.261. The van der Waals surface area contributed by atoms with E-state index in [4.69, 9.17) is 17.0 Å². The van der Waals surface area contributed by atoms with Crippen LogP contribution in [0, 0.1) is 13.8 Å². The maximum Gasteiger partial charge on any atom is 0.279 e. The molecule has 0 aliphatic heterocycles. The number of carbonyl (C=O) groups excluding carboxylic acids is 1. The van der Waals surface area contributed by atoms with E-state index in [2.05, 4.69) is 16.2 Å². The van der Waals surface area contributed by atoms with Crippen LogP contribution in [-0.4, -0.2) is 24.2 Å². The zero-order chi connectivity index (χ0) is 15.1. The molecule has 0 aliphatic carbocycles. The van der Waals surface area contributed by atoms with Gasteiger partial charge in [-0.3, -0.25) is 15.6 Å². The second-order valence-corrected chi connectivity index (χ2v) is 4.86. The lowest BCUT2D eigenvalue weighted by molar-refractivity contribution is -0.128. The Hall–Kier alpha value is -1.82. The molecule has 0 radical (unpaired) electrons. The second kappa shape index (κ2) is 7.69. The van der Waals surface area contributed by atoms with Crippen LogP contribution in [0.5, 0.6) is 5.75 Å². The zero-order valence-corrected chi connectivity index (χ0v) is 13.1. The fraction of sp³-hybridized carbons (Fsp3) is 0.429. The van der Waals surface area contributed by atoms with E-state index in [-0.39, 0.29) is 5.91 Å². The highest BCUT2D eigenvalue weighted by atomic mass is 32.1. The van der Waals surface area contributed by atoms with E-state index < -0.39 is 6.10 Å². The number of hydrazine groups is 1. The van der Waals surface area contributed by atoms with Gasteiger partial charge in [0.15, 0.2) is 11.2 Å². The summed E-state index contributed by atoms with van der Waals surface area (Å²) in [6.45, 7) is 5.93. The first-order chi connectivity index (χ1) is 9.47. The number of thiocarbonyl (C=S) groups is 1.